The Morgan fingerprint density at radius 2 is 1.95 bits per heavy atom. The van der Waals surface area contributed by atoms with Gasteiger partial charge in [0, 0.05) is 11.8 Å². The molecule has 0 bridgehead atoms. The highest BCUT2D eigenvalue weighted by Gasteiger charge is 2.10. The van der Waals surface area contributed by atoms with E-state index in [0.717, 1.165) is 17.0 Å². The second-order valence-corrected chi connectivity index (χ2v) is 4.20. The van der Waals surface area contributed by atoms with Gasteiger partial charge in [0.25, 0.3) is 0 Å². The first-order valence-electron chi connectivity index (χ1n) is 6.16. The van der Waals surface area contributed by atoms with Gasteiger partial charge in [0.1, 0.15) is 5.75 Å². The Morgan fingerprint density at radius 3 is 2.63 bits per heavy atom. The second kappa shape index (κ2) is 6.46. The van der Waals surface area contributed by atoms with E-state index >= 15 is 0 Å². The van der Waals surface area contributed by atoms with Crippen LogP contribution in [0.5, 0.6) is 5.75 Å². The van der Waals surface area contributed by atoms with Crippen LogP contribution in [0.15, 0.2) is 54.6 Å². The molecule has 19 heavy (non-hydrogen) atoms. The molecule has 1 N–H and O–H groups in total. The zero-order chi connectivity index (χ0) is 13.5. The molecule has 0 fully saturated rings. The summed E-state index contributed by atoms with van der Waals surface area (Å²) in [6, 6.07) is 19.9. The van der Waals surface area contributed by atoms with Crippen molar-refractivity contribution in [3.63, 3.8) is 0 Å². The van der Waals surface area contributed by atoms with Crippen LogP contribution in [0.2, 0.25) is 0 Å². The fourth-order valence-electron chi connectivity index (χ4n) is 1.94. The number of nitrogens with one attached hydrogen (secondary N) is 1. The van der Waals surface area contributed by atoms with Crippen LogP contribution in [-0.2, 0) is 0 Å². The normalized spacial score (nSPS) is 11.4. The molecule has 3 heteroatoms. The van der Waals surface area contributed by atoms with E-state index in [1.807, 2.05) is 54.6 Å². The summed E-state index contributed by atoms with van der Waals surface area (Å²) in [5.74, 6) is 0.800. The smallest absolute Gasteiger partial charge is 0.120 e. The standard InChI is InChI=1S/C16H16N2O/c1-19-15-9-5-8-14(12-15)18-16(10-11-17)13-6-3-2-4-7-13/h2-9,12,16,18H,10H2,1H3. The van der Waals surface area contributed by atoms with Crippen molar-refractivity contribution in [2.24, 2.45) is 0 Å². The minimum absolute atomic E-state index is 0.0155. The van der Waals surface area contributed by atoms with E-state index in [0.29, 0.717) is 6.42 Å². The van der Waals surface area contributed by atoms with Gasteiger partial charge in [0.15, 0.2) is 0 Å². The Hall–Kier alpha value is -2.47. The lowest BCUT2D eigenvalue weighted by molar-refractivity contribution is 0.415. The van der Waals surface area contributed by atoms with Crippen molar-refractivity contribution in [1.82, 2.24) is 0 Å². The highest BCUT2D eigenvalue weighted by atomic mass is 16.5. The molecule has 0 aliphatic carbocycles. The SMILES string of the molecule is COc1cccc(NC(CC#N)c2ccccc2)c1. The second-order valence-electron chi connectivity index (χ2n) is 4.20. The molecule has 0 radical (unpaired) electrons. The van der Waals surface area contributed by atoms with Crippen LogP contribution in [0.25, 0.3) is 0 Å². The lowest BCUT2D eigenvalue weighted by Crippen LogP contribution is -2.10. The molecule has 0 aliphatic heterocycles. The van der Waals surface area contributed by atoms with E-state index in [-0.39, 0.29) is 6.04 Å². The summed E-state index contributed by atoms with van der Waals surface area (Å²) in [6.45, 7) is 0. The van der Waals surface area contributed by atoms with E-state index in [1.54, 1.807) is 7.11 Å². The van der Waals surface area contributed by atoms with Crippen molar-refractivity contribution in [2.75, 3.05) is 12.4 Å². The van der Waals surface area contributed by atoms with E-state index in [4.69, 9.17) is 10.00 Å². The molecule has 2 aromatic rings. The van der Waals surface area contributed by atoms with Crippen LogP contribution in [0.3, 0.4) is 0 Å². The highest BCUT2D eigenvalue weighted by Crippen LogP contribution is 2.24. The average molecular weight is 252 g/mol. The van der Waals surface area contributed by atoms with Crippen molar-refractivity contribution in [1.29, 1.82) is 5.26 Å². The number of nitriles is 1. The van der Waals surface area contributed by atoms with Gasteiger partial charge in [-0.2, -0.15) is 5.26 Å². The summed E-state index contributed by atoms with van der Waals surface area (Å²) in [5, 5.41) is 12.3. The molecule has 96 valence electrons. The van der Waals surface area contributed by atoms with Gasteiger partial charge >= 0.3 is 0 Å². The maximum absolute atomic E-state index is 8.96. The van der Waals surface area contributed by atoms with E-state index in [2.05, 4.69) is 11.4 Å². The zero-order valence-corrected chi connectivity index (χ0v) is 10.8. The maximum Gasteiger partial charge on any atom is 0.120 e. The molecule has 0 saturated heterocycles. The third-order valence-corrected chi connectivity index (χ3v) is 2.91. The van der Waals surface area contributed by atoms with Crippen LogP contribution in [0, 0.1) is 11.3 Å². The van der Waals surface area contributed by atoms with Gasteiger partial charge < -0.3 is 10.1 Å². The van der Waals surface area contributed by atoms with Gasteiger partial charge in [-0.1, -0.05) is 36.4 Å². The van der Waals surface area contributed by atoms with E-state index in [9.17, 15) is 0 Å². The molecule has 2 rings (SSSR count). The van der Waals surface area contributed by atoms with Crippen LogP contribution in [0.1, 0.15) is 18.0 Å². The van der Waals surface area contributed by atoms with Crippen LogP contribution in [0.4, 0.5) is 5.69 Å². The Labute approximate surface area is 113 Å². The third-order valence-electron chi connectivity index (χ3n) is 2.91. The topological polar surface area (TPSA) is 45.0 Å². The largest absolute Gasteiger partial charge is 0.497 e. The summed E-state index contributed by atoms with van der Waals surface area (Å²) >= 11 is 0. The molecule has 0 aliphatic rings. The minimum Gasteiger partial charge on any atom is -0.497 e. The fourth-order valence-corrected chi connectivity index (χ4v) is 1.94. The predicted molar refractivity (Wildman–Crippen MR) is 76.0 cm³/mol. The summed E-state index contributed by atoms with van der Waals surface area (Å²) < 4.78 is 5.20. The Balaban J connectivity index is 2.19. The van der Waals surface area contributed by atoms with Crippen molar-refractivity contribution < 1.29 is 4.74 Å². The first-order valence-corrected chi connectivity index (χ1v) is 6.16. The van der Waals surface area contributed by atoms with Gasteiger partial charge in [-0.05, 0) is 17.7 Å². The number of hydrogen-bond acceptors (Lipinski definition) is 3. The number of anilines is 1. The molecule has 2 aromatic carbocycles. The molecule has 0 aromatic heterocycles. The van der Waals surface area contributed by atoms with Crippen molar-refractivity contribution >= 4 is 5.69 Å². The lowest BCUT2D eigenvalue weighted by atomic mass is 10.0. The van der Waals surface area contributed by atoms with Crippen molar-refractivity contribution in [3.05, 3.63) is 60.2 Å². The zero-order valence-electron chi connectivity index (χ0n) is 10.8. The summed E-state index contributed by atoms with van der Waals surface area (Å²) in [4.78, 5) is 0. The number of rotatable bonds is 5. The molecule has 1 unspecified atom stereocenters. The van der Waals surface area contributed by atoms with Gasteiger partial charge in [-0.15, -0.1) is 0 Å². The predicted octanol–water partition coefficient (Wildman–Crippen LogP) is 3.76. The van der Waals surface area contributed by atoms with E-state index in [1.165, 1.54) is 0 Å². The maximum atomic E-state index is 8.96. The first-order chi connectivity index (χ1) is 9.33. The fraction of sp³-hybridized carbons (Fsp3) is 0.188. The van der Waals surface area contributed by atoms with Crippen LogP contribution < -0.4 is 10.1 Å². The van der Waals surface area contributed by atoms with Gasteiger partial charge in [0.2, 0.25) is 0 Å². The average Bonchev–Trinajstić information content (AvgIpc) is 2.48. The molecule has 0 heterocycles. The van der Waals surface area contributed by atoms with Gasteiger partial charge in [-0.3, -0.25) is 0 Å². The number of ether oxygens (including phenoxy) is 1. The molecule has 0 saturated carbocycles. The Morgan fingerprint density at radius 1 is 1.16 bits per heavy atom. The summed E-state index contributed by atoms with van der Waals surface area (Å²) in [7, 11) is 1.64. The molecular formula is C16H16N2O. The monoisotopic (exact) mass is 252 g/mol. The van der Waals surface area contributed by atoms with Gasteiger partial charge in [-0.25, -0.2) is 0 Å². The molecule has 3 nitrogen and oxygen atoms in total. The molecule has 0 amide bonds. The number of benzene rings is 2. The van der Waals surface area contributed by atoms with Crippen LogP contribution in [-0.4, -0.2) is 7.11 Å². The Bertz CT molecular complexity index is 560. The lowest BCUT2D eigenvalue weighted by Gasteiger charge is -2.18. The minimum atomic E-state index is -0.0155. The molecular weight excluding hydrogens is 236 g/mol. The van der Waals surface area contributed by atoms with Crippen molar-refractivity contribution in [2.45, 2.75) is 12.5 Å². The quantitative estimate of drug-likeness (QED) is 0.881. The Kier molecular flexibility index (Phi) is 4.41. The summed E-state index contributed by atoms with van der Waals surface area (Å²) in [5.41, 5.74) is 2.05. The van der Waals surface area contributed by atoms with E-state index < -0.39 is 0 Å². The number of nitrogens with zero attached hydrogens (tertiary/aromatic N) is 1. The number of methoxy groups -OCH3 is 1. The third kappa shape index (κ3) is 3.49. The van der Waals surface area contributed by atoms with Gasteiger partial charge in [0.05, 0.1) is 25.6 Å². The van der Waals surface area contributed by atoms with Crippen LogP contribution >= 0.6 is 0 Å². The molecule has 1 atom stereocenters. The summed E-state index contributed by atoms with van der Waals surface area (Å²) in [6.07, 6.45) is 0.418. The number of hydrogen-bond donors (Lipinski definition) is 1. The first kappa shape index (κ1) is 13.0. The highest BCUT2D eigenvalue weighted by molar-refractivity contribution is 5.50. The van der Waals surface area contributed by atoms with Crippen molar-refractivity contribution in [3.8, 4) is 11.8 Å². The molecule has 0 spiro atoms.